The fraction of sp³-hybridized carbons (Fsp3) is 0.250. The molecule has 0 atom stereocenters. The minimum atomic E-state index is -0.822. The Hall–Kier alpha value is 0.626. The van der Waals surface area contributed by atoms with Gasteiger partial charge in [-0.1, -0.05) is 0 Å². The van der Waals surface area contributed by atoms with E-state index in [4.69, 9.17) is 5.11 Å². The van der Waals surface area contributed by atoms with E-state index in [2.05, 4.69) is 0 Å². The number of hydrogen-bond donors (Lipinski definition) is 1. The van der Waals surface area contributed by atoms with Crippen molar-refractivity contribution in [3.05, 3.63) is 9.36 Å². The van der Waals surface area contributed by atoms with E-state index < -0.39 is 5.97 Å². The molecule has 0 unspecified atom stereocenters. The normalized spacial score (nSPS) is 9.75. The molecule has 8 heavy (non-hydrogen) atoms. The fourth-order valence-electron chi connectivity index (χ4n) is 0.0617. The van der Waals surface area contributed by atoms with E-state index in [1.165, 1.54) is 0 Å². The second kappa shape index (κ2) is 5.76. The Morgan fingerprint density at radius 2 is 2.12 bits per heavy atom. The second-order valence-corrected chi connectivity index (χ2v) is 1.84. The van der Waals surface area contributed by atoms with Crippen LogP contribution in [-0.2, 0) is 29.5 Å². The van der Waals surface area contributed by atoms with E-state index in [0.29, 0.717) is 5.57 Å². The van der Waals surface area contributed by atoms with Crippen LogP contribution in [0.4, 0.5) is 0 Å². The molecule has 43 valence electrons. The van der Waals surface area contributed by atoms with Gasteiger partial charge >= 0.3 is 56.9 Å². The Balaban J connectivity index is 0. The molecule has 0 radical (unpaired) electrons. The standard InChI is InChI=1S/C4H5O2.Al.Zr.3H/c1-3(2)4(5)6;;;;;/h1H,2H3,(H,5,6);;;;;. The van der Waals surface area contributed by atoms with Crippen LogP contribution in [0.5, 0.6) is 0 Å². The van der Waals surface area contributed by atoms with Crippen LogP contribution in [0.1, 0.15) is 6.92 Å². The molecule has 0 aliphatic heterocycles. The van der Waals surface area contributed by atoms with Crippen molar-refractivity contribution in [1.29, 1.82) is 0 Å². The Morgan fingerprint density at radius 1 is 1.75 bits per heavy atom. The zero-order valence-electron chi connectivity index (χ0n) is 3.93. The smallest absolute Gasteiger partial charge is 0.187 e. The van der Waals surface area contributed by atoms with Crippen LogP contribution < -0.4 is 0 Å². The van der Waals surface area contributed by atoms with Gasteiger partial charge in [0.1, 0.15) is 0 Å². The van der Waals surface area contributed by atoms with Gasteiger partial charge in [0, 0.05) is 0 Å². The van der Waals surface area contributed by atoms with Crippen LogP contribution >= 0.6 is 0 Å². The molecule has 0 saturated heterocycles. The second-order valence-electron chi connectivity index (χ2n) is 1.13. The average molecular weight is 206 g/mol. The third-order valence-electron chi connectivity index (χ3n) is 0.554. The van der Waals surface area contributed by atoms with Crippen molar-refractivity contribution in [2.75, 3.05) is 0 Å². The molecule has 0 aromatic carbocycles. The monoisotopic (exact) mass is 205 g/mol. The molecule has 0 fully saturated rings. The SMILES string of the molecule is CC(=[CH][Zr])C(=O)O.[AlH3]. The Morgan fingerprint density at radius 3 is 2.12 bits per heavy atom. The quantitative estimate of drug-likeness (QED) is 0.457. The molecular formula is C4H8AlO2Zr. The number of carbonyl (C=O) groups is 1. The first kappa shape index (κ1) is 11.4. The summed E-state index contributed by atoms with van der Waals surface area (Å²) in [7, 11) is 0. The maximum Gasteiger partial charge on any atom is 0.187 e. The number of rotatable bonds is 1. The van der Waals surface area contributed by atoms with Crippen LogP contribution in [-0.4, -0.2) is 28.4 Å². The van der Waals surface area contributed by atoms with E-state index >= 15 is 0 Å². The summed E-state index contributed by atoms with van der Waals surface area (Å²) in [5, 5.41) is 8.13. The molecule has 4 heteroatoms. The molecule has 0 spiro atoms. The van der Waals surface area contributed by atoms with Crippen molar-refractivity contribution in [2.45, 2.75) is 6.92 Å². The van der Waals surface area contributed by atoms with E-state index in [0.717, 1.165) is 24.7 Å². The van der Waals surface area contributed by atoms with Gasteiger partial charge in [-0.15, -0.1) is 0 Å². The zero-order valence-corrected chi connectivity index (χ0v) is 6.39. The average Bonchev–Trinajstić information content (AvgIpc) is 1.65. The summed E-state index contributed by atoms with van der Waals surface area (Å²) in [4.78, 5) is 9.88. The van der Waals surface area contributed by atoms with Gasteiger partial charge in [-0.3, -0.25) is 0 Å². The van der Waals surface area contributed by atoms with Crippen LogP contribution in [0, 0.1) is 0 Å². The molecule has 0 aromatic heterocycles. The van der Waals surface area contributed by atoms with Gasteiger partial charge in [-0.05, 0) is 0 Å². The summed E-state index contributed by atoms with van der Waals surface area (Å²) in [5.41, 5.74) is 0.429. The predicted octanol–water partition coefficient (Wildman–Crippen LogP) is -0.662. The maximum atomic E-state index is 9.88. The van der Waals surface area contributed by atoms with Gasteiger partial charge in [0.05, 0.1) is 0 Å². The first-order chi connectivity index (χ1) is 3.18. The van der Waals surface area contributed by atoms with E-state index in [1.54, 1.807) is 10.7 Å². The largest absolute Gasteiger partial charge is 0.187 e. The van der Waals surface area contributed by atoms with Crippen molar-refractivity contribution in [3.63, 3.8) is 0 Å². The number of carboxylic acids is 1. The molecule has 1 N–H and O–H groups in total. The number of hydrogen-bond acceptors (Lipinski definition) is 1. The third-order valence-corrected chi connectivity index (χ3v) is 1.62. The Labute approximate surface area is 73.9 Å². The Bertz CT molecular complexity index is 111. The van der Waals surface area contributed by atoms with Gasteiger partial charge < -0.3 is 0 Å². The number of aliphatic carboxylic acids is 1. The molecule has 0 aliphatic rings. The van der Waals surface area contributed by atoms with Gasteiger partial charge in [0.15, 0.2) is 17.4 Å². The van der Waals surface area contributed by atoms with Gasteiger partial charge in [0.2, 0.25) is 0 Å². The van der Waals surface area contributed by atoms with E-state index in [1.807, 2.05) is 0 Å². The van der Waals surface area contributed by atoms with Gasteiger partial charge in [-0.25, -0.2) is 0 Å². The number of carboxylic acid groups (broad SMARTS) is 1. The molecule has 0 saturated carbocycles. The fourth-order valence-corrected chi connectivity index (χ4v) is 0.365. The molecule has 2 nitrogen and oxygen atoms in total. The van der Waals surface area contributed by atoms with Crippen molar-refractivity contribution in [1.82, 2.24) is 0 Å². The third kappa shape index (κ3) is 4.78. The summed E-state index contributed by atoms with van der Waals surface area (Å²) >= 11 is 1.13. The molecular weight excluding hydrogens is 198 g/mol. The molecule has 0 amide bonds. The van der Waals surface area contributed by atoms with Gasteiger partial charge in [0.25, 0.3) is 0 Å². The zero-order chi connectivity index (χ0) is 5.86. The van der Waals surface area contributed by atoms with Crippen LogP contribution in [0.25, 0.3) is 0 Å². The van der Waals surface area contributed by atoms with Gasteiger partial charge in [-0.2, -0.15) is 0 Å². The first-order valence-electron chi connectivity index (χ1n) is 1.76. The summed E-state index contributed by atoms with van der Waals surface area (Å²) < 4.78 is 1.65. The molecule has 0 aromatic rings. The molecule has 0 rings (SSSR count). The minimum Gasteiger partial charge on any atom is 0.187 e. The summed E-state index contributed by atoms with van der Waals surface area (Å²) in [6.45, 7) is 1.58. The molecule has 0 aliphatic carbocycles. The van der Waals surface area contributed by atoms with E-state index in [9.17, 15) is 4.79 Å². The van der Waals surface area contributed by atoms with Crippen molar-refractivity contribution < 1.29 is 34.6 Å². The Kier molecular flexibility index (Phi) is 8.22. The van der Waals surface area contributed by atoms with Crippen LogP contribution in [0.3, 0.4) is 0 Å². The summed E-state index contributed by atoms with van der Waals surface area (Å²) in [6.07, 6.45) is 0. The molecule has 0 heterocycles. The van der Waals surface area contributed by atoms with Crippen molar-refractivity contribution >= 4 is 23.3 Å². The maximum absolute atomic E-state index is 9.88. The van der Waals surface area contributed by atoms with Crippen molar-refractivity contribution in [2.24, 2.45) is 0 Å². The van der Waals surface area contributed by atoms with Crippen LogP contribution in [0.2, 0.25) is 0 Å². The van der Waals surface area contributed by atoms with Crippen LogP contribution in [0.15, 0.2) is 9.36 Å². The van der Waals surface area contributed by atoms with Crippen molar-refractivity contribution in [3.8, 4) is 0 Å². The summed E-state index contributed by atoms with van der Waals surface area (Å²) in [6, 6.07) is 0. The summed E-state index contributed by atoms with van der Waals surface area (Å²) in [5.74, 6) is -0.822. The topological polar surface area (TPSA) is 37.3 Å². The predicted molar refractivity (Wildman–Crippen MR) is 31.3 cm³/mol. The van der Waals surface area contributed by atoms with E-state index in [-0.39, 0.29) is 17.4 Å². The first-order valence-corrected chi connectivity index (χ1v) is 3.17. The minimum absolute atomic E-state index is 0. The molecule has 0 bridgehead atoms.